The predicted octanol–water partition coefficient (Wildman–Crippen LogP) is 3.46. The lowest BCUT2D eigenvalue weighted by atomic mass is 10.3. The van der Waals surface area contributed by atoms with Gasteiger partial charge in [-0.1, -0.05) is 12.1 Å². The molecule has 0 aliphatic rings. The molecular formula is C12H11F2NO3S2. The fraction of sp³-hybridized carbons (Fsp3) is 0.167. The Labute approximate surface area is 119 Å². The summed E-state index contributed by atoms with van der Waals surface area (Å²) in [4.78, 5) is 0.836. The van der Waals surface area contributed by atoms with E-state index in [9.17, 15) is 17.2 Å². The molecule has 0 atom stereocenters. The lowest BCUT2D eigenvalue weighted by molar-refractivity contribution is -0.0493. The number of hydrogen-bond donors (Lipinski definition) is 1. The first kappa shape index (κ1) is 14.7. The Balaban J connectivity index is 2.30. The Morgan fingerprint density at radius 1 is 1.20 bits per heavy atom. The van der Waals surface area contributed by atoms with Gasteiger partial charge in [-0.3, -0.25) is 4.72 Å². The Morgan fingerprint density at radius 3 is 2.50 bits per heavy atom. The zero-order valence-electron chi connectivity index (χ0n) is 10.3. The van der Waals surface area contributed by atoms with Crippen molar-refractivity contribution in [3.05, 3.63) is 41.3 Å². The van der Waals surface area contributed by atoms with Crippen LogP contribution in [0.2, 0.25) is 0 Å². The number of nitrogens with one attached hydrogen (secondary N) is 1. The second-order valence-electron chi connectivity index (χ2n) is 3.85. The van der Waals surface area contributed by atoms with Crippen LogP contribution in [-0.2, 0) is 10.0 Å². The fourth-order valence-electron chi connectivity index (χ4n) is 1.50. The maximum absolute atomic E-state index is 12.3. The van der Waals surface area contributed by atoms with Crippen LogP contribution in [0.25, 0.3) is 0 Å². The van der Waals surface area contributed by atoms with E-state index in [0.29, 0.717) is 0 Å². The molecule has 0 amide bonds. The number of anilines is 1. The predicted molar refractivity (Wildman–Crippen MR) is 72.9 cm³/mol. The Morgan fingerprint density at radius 2 is 1.90 bits per heavy atom. The summed E-state index contributed by atoms with van der Waals surface area (Å²) in [6.07, 6.45) is 0. The summed E-state index contributed by atoms with van der Waals surface area (Å²) in [6.45, 7) is -1.25. The first-order valence-corrected chi connectivity index (χ1v) is 7.81. The highest BCUT2D eigenvalue weighted by Gasteiger charge is 2.19. The molecule has 2 aromatic rings. The van der Waals surface area contributed by atoms with Crippen molar-refractivity contribution < 1.29 is 21.9 Å². The quantitative estimate of drug-likeness (QED) is 0.918. The molecule has 0 aliphatic carbocycles. The zero-order valence-corrected chi connectivity index (χ0v) is 12.0. The molecule has 1 heterocycles. The number of aryl methyl sites for hydroxylation is 1. The average Bonchev–Trinajstić information content (AvgIpc) is 2.78. The van der Waals surface area contributed by atoms with Crippen molar-refractivity contribution >= 4 is 27.0 Å². The molecule has 0 fully saturated rings. The summed E-state index contributed by atoms with van der Waals surface area (Å²) >= 11 is 1.09. The van der Waals surface area contributed by atoms with E-state index in [1.54, 1.807) is 13.0 Å². The molecule has 0 aliphatic heterocycles. The van der Waals surface area contributed by atoms with Crippen molar-refractivity contribution in [2.45, 2.75) is 17.7 Å². The second-order valence-corrected chi connectivity index (χ2v) is 7.04. The van der Waals surface area contributed by atoms with Crippen LogP contribution in [0.3, 0.4) is 0 Å². The number of sulfonamides is 1. The highest BCUT2D eigenvalue weighted by molar-refractivity contribution is 7.94. The monoisotopic (exact) mass is 319 g/mol. The Kier molecular flexibility index (Phi) is 4.24. The highest BCUT2D eigenvalue weighted by Crippen LogP contribution is 2.29. The third kappa shape index (κ3) is 3.45. The first-order valence-electron chi connectivity index (χ1n) is 5.51. The highest BCUT2D eigenvalue weighted by atomic mass is 32.2. The van der Waals surface area contributed by atoms with Crippen LogP contribution in [0, 0.1) is 6.92 Å². The molecule has 8 heteroatoms. The van der Waals surface area contributed by atoms with Crippen molar-refractivity contribution in [3.63, 3.8) is 0 Å². The maximum atomic E-state index is 12.3. The maximum Gasteiger partial charge on any atom is 0.387 e. The van der Waals surface area contributed by atoms with Crippen molar-refractivity contribution in [3.8, 4) is 5.75 Å². The Bertz CT molecular complexity index is 698. The number of alkyl halides is 2. The third-order valence-corrected chi connectivity index (χ3v) is 5.19. The van der Waals surface area contributed by atoms with Crippen LogP contribution in [0.1, 0.15) is 4.88 Å². The van der Waals surface area contributed by atoms with Crippen molar-refractivity contribution in [2.75, 3.05) is 4.72 Å². The van der Waals surface area contributed by atoms with Gasteiger partial charge in [0, 0.05) is 4.88 Å². The number of hydrogen-bond acceptors (Lipinski definition) is 4. The summed E-state index contributed by atoms with van der Waals surface area (Å²) in [5.41, 5.74) is -0.0288. The lowest BCUT2D eigenvalue weighted by Crippen LogP contribution is -2.13. The summed E-state index contributed by atoms with van der Waals surface area (Å²) in [6, 6.07) is 8.75. The molecular weight excluding hydrogens is 308 g/mol. The molecule has 108 valence electrons. The molecule has 0 spiro atoms. The van der Waals surface area contributed by atoms with Gasteiger partial charge in [-0.25, -0.2) is 8.42 Å². The average molecular weight is 319 g/mol. The number of halogens is 2. The molecule has 1 N–H and O–H groups in total. The molecule has 4 nitrogen and oxygen atoms in total. The van der Waals surface area contributed by atoms with Gasteiger partial charge in [0.25, 0.3) is 10.0 Å². The summed E-state index contributed by atoms with van der Waals surface area (Å²) < 4.78 is 55.4. The molecule has 2 rings (SSSR count). The van der Waals surface area contributed by atoms with Crippen LogP contribution in [0.5, 0.6) is 5.75 Å². The standard InChI is InChI=1S/C12H11F2NO3S2/c1-8-6-7-11(19-8)20(16,17)15-9-4-2-3-5-10(9)18-12(13)14/h2-7,12,15H,1H3. The van der Waals surface area contributed by atoms with E-state index in [2.05, 4.69) is 9.46 Å². The number of ether oxygens (including phenoxy) is 1. The van der Waals surface area contributed by atoms with E-state index in [1.807, 2.05) is 0 Å². The molecule has 0 unspecified atom stereocenters. The normalized spacial score (nSPS) is 11.6. The van der Waals surface area contributed by atoms with Gasteiger partial charge >= 0.3 is 6.61 Å². The molecule has 0 saturated heterocycles. The summed E-state index contributed by atoms with van der Waals surface area (Å²) in [7, 11) is -3.81. The molecule has 20 heavy (non-hydrogen) atoms. The van der Waals surface area contributed by atoms with Gasteiger partial charge in [0.05, 0.1) is 5.69 Å². The van der Waals surface area contributed by atoms with Gasteiger partial charge < -0.3 is 4.74 Å². The fourth-order valence-corrected chi connectivity index (χ4v) is 3.85. The number of thiophene rings is 1. The number of rotatable bonds is 5. The minimum atomic E-state index is -3.81. The van der Waals surface area contributed by atoms with E-state index in [1.165, 1.54) is 30.3 Å². The van der Waals surface area contributed by atoms with Gasteiger partial charge in [0.1, 0.15) is 9.96 Å². The van der Waals surface area contributed by atoms with Gasteiger partial charge in [-0.05, 0) is 31.2 Å². The van der Waals surface area contributed by atoms with Crippen molar-refractivity contribution in [1.82, 2.24) is 0 Å². The van der Waals surface area contributed by atoms with E-state index in [4.69, 9.17) is 0 Å². The van der Waals surface area contributed by atoms with Crippen LogP contribution < -0.4 is 9.46 Å². The van der Waals surface area contributed by atoms with E-state index in [-0.39, 0.29) is 15.6 Å². The minimum absolute atomic E-state index is 0.0288. The summed E-state index contributed by atoms with van der Waals surface area (Å²) in [5.74, 6) is -0.223. The van der Waals surface area contributed by atoms with Crippen molar-refractivity contribution in [2.24, 2.45) is 0 Å². The van der Waals surface area contributed by atoms with Crippen molar-refractivity contribution in [1.29, 1.82) is 0 Å². The molecule has 0 bridgehead atoms. The SMILES string of the molecule is Cc1ccc(S(=O)(=O)Nc2ccccc2OC(F)F)s1. The Hall–Kier alpha value is -1.67. The second kappa shape index (κ2) is 5.76. The van der Waals surface area contributed by atoms with E-state index >= 15 is 0 Å². The smallest absolute Gasteiger partial charge is 0.387 e. The van der Waals surface area contributed by atoms with Gasteiger partial charge in [0.2, 0.25) is 0 Å². The zero-order chi connectivity index (χ0) is 14.8. The largest absolute Gasteiger partial charge is 0.433 e. The van der Waals surface area contributed by atoms with E-state index in [0.717, 1.165) is 16.2 Å². The lowest BCUT2D eigenvalue weighted by Gasteiger charge is -2.12. The molecule has 0 saturated carbocycles. The third-order valence-electron chi connectivity index (χ3n) is 2.33. The van der Waals surface area contributed by atoms with Crippen LogP contribution >= 0.6 is 11.3 Å². The number of para-hydroxylation sites is 2. The van der Waals surface area contributed by atoms with Gasteiger partial charge in [0.15, 0.2) is 0 Å². The van der Waals surface area contributed by atoms with Crippen LogP contribution in [0.4, 0.5) is 14.5 Å². The number of benzene rings is 1. The minimum Gasteiger partial charge on any atom is -0.433 e. The van der Waals surface area contributed by atoms with Gasteiger partial charge in [-0.15, -0.1) is 11.3 Å². The van der Waals surface area contributed by atoms with Gasteiger partial charge in [-0.2, -0.15) is 8.78 Å². The van der Waals surface area contributed by atoms with Crippen LogP contribution in [0.15, 0.2) is 40.6 Å². The van der Waals surface area contributed by atoms with E-state index < -0.39 is 16.6 Å². The topological polar surface area (TPSA) is 55.4 Å². The first-order chi connectivity index (χ1) is 9.38. The molecule has 1 aromatic heterocycles. The molecule has 1 aromatic carbocycles. The van der Waals surface area contributed by atoms with Crippen LogP contribution in [-0.4, -0.2) is 15.0 Å². The summed E-state index contributed by atoms with van der Waals surface area (Å²) in [5, 5.41) is 0. The molecule has 0 radical (unpaired) electrons.